The average molecular weight is 579 g/mol. The van der Waals surface area contributed by atoms with Gasteiger partial charge in [0.15, 0.2) is 9.84 Å². The van der Waals surface area contributed by atoms with E-state index < -0.39 is 38.9 Å². The maximum absolute atomic E-state index is 14.2. The van der Waals surface area contributed by atoms with Crippen LogP contribution < -0.4 is 5.32 Å². The number of sulfone groups is 1. The molecule has 8 heteroatoms. The van der Waals surface area contributed by atoms with Gasteiger partial charge in [0, 0.05) is 19.2 Å². The smallest absolute Gasteiger partial charge is 0.410 e. The summed E-state index contributed by atoms with van der Waals surface area (Å²) in [5, 5.41) is 5.10. The molecule has 2 fully saturated rings. The van der Waals surface area contributed by atoms with E-state index in [1.165, 1.54) is 0 Å². The van der Waals surface area contributed by atoms with Gasteiger partial charge in [0.25, 0.3) is 0 Å². The lowest BCUT2D eigenvalue weighted by atomic mass is 9.94. The normalized spacial score (nSPS) is 22.4. The molecule has 0 saturated carbocycles. The maximum atomic E-state index is 14.2. The van der Waals surface area contributed by atoms with Gasteiger partial charge in [-0.2, -0.15) is 0 Å². The van der Waals surface area contributed by atoms with Crippen molar-refractivity contribution in [2.24, 2.45) is 0 Å². The molecule has 5 rings (SSSR count). The predicted octanol–water partition coefficient (Wildman–Crippen LogP) is 5.89. The molecule has 2 aliphatic heterocycles. The molecule has 0 spiro atoms. The number of amides is 1. The molecule has 2 bridgehead atoms. The number of benzene rings is 3. The van der Waals surface area contributed by atoms with Crippen molar-refractivity contribution in [2.75, 3.05) is 13.2 Å². The zero-order valence-corrected chi connectivity index (χ0v) is 25.3. The first-order valence-electron chi connectivity index (χ1n) is 14.7. The van der Waals surface area contributed by atoms with Gasteiger partial charge in [0.1, 0.15) is 10.9 Å². The quantitative estimate of drug-likeness (QED) is 0.302. The summed E-state index contributed by atoms with van der Waals surface area (Å²) in [4.78, 5) is 15.3. The average Bonchev–Trinajstić information content (AvgIpc) is 3.50. The van der Waals surface area contributed by atoms with Crippen molar-refractivity contribution in [3.63, 3.8) is 0 Å². The van der Waals surface area contributed by atoms with E-state index in [2.05, 4.69) is 42.6 Å². The number of hydrogen-bond donors (Lipinski definition) is 1. The highest BCUT2D eigenvalue weighted by molar-refractivity contribution is 7.92. The van der Waals surface area contributed by atoms with Crippen molar-refractivity contribution < 1.29 is 22.7 Å². The van der Waals surface area contributed by atoms with Crippen LogP contribution in [0.4, 0.5) is 4.79 Å². The van der Waals surface area contributed by atoms with Gasteiger partial charge < -0.3 is 14.8 Å². The zero-order valence-electron chi connectivity index (χ0n) is 24.5. The standard InChI is InChI=1S/C33H42N2O5S/c1-5-19-39-20-18-23-11-14-27(15-12-23)41(37,38)31-29-17-16-28(35(29)32(36)40-33(2,3)4)30(31)34-22-24-10-13-25-8-6-7-9-26(25)21-24/h6-15,21,28-31,34H,5,16-20,22H2,1-4H3/t28-,29+,30-,31-/m1/s1. The molecule has 220 valence electrons. The zero-order chi connectivity index (χ0) is 29.2. The Kier molecular flexibility index (Phi) is 8.73. The van der Waals surface area contributed by atoms with Crippen LogP contribution in [0, 0.1) is 0 Å². The van der Waals surface area contributed by atoms with Gasteiger partial charge >= 0.3 is 6.09 Å². The first-order valence-corrected chi connectivity index (χ1v) is 16.3. The molecule has 3 aromatic carbocycles. The SMILES string of the molecule is CCCOCCc1ccc(S(=O)(=O)[C@H]2[C@H](NCc3ccc4ccccc4c3)[C@H]3CC[C@@H]2N3C(=O)OC(C)(C)C)cc1. The summed E-state index contributed by atoms with van der Waals surface area (Å²) in [5.74, 6) is 0. The molecule has 1 N–H and O–H groups in total. The highest BCUT2D eigenvalue weighted by Gasteiger charge is 2.60. The second-order valence-corrected chi connectivity index (χ2v) is 14.3. The Balaban J connectivity index is 1.40. The van der Waals surface area contributed by atoms with Crippen LogP contribution in [0.1, 0.15) is 58.1 Å². The second-order valence-electron chi connectivity index (χ2n) is 12.2. The first-order chi connectivity index (χ1) is 19.6. The molecule has 0 aromatic heterocycles. The number of nitrogens with one attached hydrogen (secondary N) is 1. The lowest BCUT2D eigenvalue weighted by Gasteiger charge is -2.29. The van der Waals surface area contributed by atoms with Gasteiger partial charge in [0.05, 0.1) is 23.6 Å². The molecule has 1 amide bonds. The maximum Gasteiger partial charge on any atom is 0.410 e. The minimum Gasteiger partial charge on any atom is -0.444 e. The lowest BCUT2D eigenvalue weighted by molar-refractivity contribution is 0.0210. The van der Waals surface area contributed by atoms with E-state index >= 15 is 0 Å². The van der Waals surface area contributed by atoms with Crippen LogP contribution in [0.25, 0.3) is 10.8 Å². The van der Waals surface area contributed by atoms with Crippen LogP contribution in [-0.2, 0) is 32.3 Å². The second kappa shape index (κ2) is 12.1. The van der Waals surface area contributed by atoms with Crippen LogP contribution in [0.15, 0.2) is 71.6 Å². The van der Waals surface area contributed by atoms with E-state index in [-0.39, 0.29) is 10.9 Å². The van der Waals surface area contributed by atoms with Crippen molar-refractivity contribution in [1.29, 1.82) is 0 Å². The van der Waals surface area contributed by atoms with E-state index in [4.69, 9.17) is 9.47 Å². The van der Waals surface area contributed by atoms with Gasteiger partial charge in [-0.05, 0) is 86.6 Å². The van der Waals surface area contributed by atoms with Crippen molar-refractivity contribution in [3.8, 4) is 0 Å². The van der Waals surface area contributed by atoms with E-state index in [9.17, 15) is 13.2 Å². The van der Waals surface area contributed by atoms with Crippen molar-refractivity contribution in [2.45, 2.75) is 93.8 Å². The molecular formula is C33H42N2O5S. The molecule has 2 saturated heterocycles. The van der Waals surface area contributed by atoms with Crippen molar-refractivity contribution >= 4 is 26.7 Å². The highest BCUT2D eigenvalue weighted by atomic mass is 32.2. The van der Waals surface area contributed by atoms with Gasteiger partial charge in [0.2, 0.25) is 0 Å². The molecule has 0 aliphatic carbocycles. The Hall–Kier alpha value is -2.94. The molecule has 7 nitrogen and oxygen atoms in total. The topological polar surface area (TPSA) is 84.9 Å². The van der Waals surface area contributed by atoms with Crippen LogP contribution in [0.2, 0.25) is 0 Å². The minimum atomic E-state index is -3.76. The fraction of sp³-hybridized carbons (Fsp3) is 0.485. The monoisotopic (exact) mass is 578 g/mol. The third kappa shape index (κ3) is 6.45. The Morgan fingerprint density at radius 3 is 2.32 bits per heavy atom. The fourth-order valence-corrected chi connectivity index (χ4v) is 8.43. The molecule has 2 heterocycles. The summed E-state index contributed by atoms with van der Waals surface area (Å²) in [6.07, 6.45) is 2.63. The first kappa shape index (κ1) is 29.5. The number of ether oxygens (including phenoxy) is 2. The van der Waals surface area contributed by atoms with Crippen LogP contribution in [-0.4, -0.2) is 61.6 Å². The van der Waals surface area contributed by atoms with Crippen LogP contribution in [0.5, 0.6) is 0 Å². The molecule has 3 aromatic rings. The fourth-order valence-electron chi connectivity index (χ4n) is 6.26. The number of fused-ring (bicyclic) bond motifs is 3. The number of hydrogen-bond acceptors (Lipinski definition) is 6. The molecule has 41 heavy (non-hydrogen) atoms. The van der Waals surface area contributed by atoms with Gasteiger partial charge in [-0.15, -0.1) is 0 Å². The van der Waals surface area contributed by atoms with E-state index in [1.54, 1.807) is 17.0 Å². The lowest BCUT2D eigenvalue weighted by Crippen LogP contribution is -2.50. The molecular weight excluding hydrogens is 536 g/mol. The van der Waals surface area contributed by atoms with E-state index in [0.29, 0.717) is 19.6 Å². The largest absolute Gasteiger partial charge is 0.444 e. The van der Waals surface area contributed by atoms with Gasteiger partial charge in [-0.1, -0.05) is 55.5 Å². The molecule has 2 aliphatic rings. The van der Waals surface area contributed by atoms with Crippen LogP contribution in [0.3, 0.4) is 0 Å². The number of rotatable bonds is 10. The Morgan fingerprint density at radius 1 is 0.927 bits per heavy atom. The summed E-state index contributed by atoms with van der Waals surface area (Å²) in [5.41, 5.74) is 1.44. The Morgan fingerprint density at radius 2 is 1.61 bits per heavy atom. The van der Waals surface area contributed by atoms with E-state index in [0.717, 1.165) is 47.8 Å². The van der Waals surface area contributed by atoms with Crippen molar-refractivity contribution in [1.82, 2.24) is 10.2 Å². The summed E-state index contributed by atoms with van der Waals surface area (Å²) >= 11 is 0. The van der Waals surface area contributed by atoms with Crippen LogP contribution >= 0.6 is 0 Å². The Labute approximate surface area is 244 Å². The Bertz CT molecular complexity index is 1460. The predicted molar refractivity (Wildman–Crippen MR) is 162 cm³/mol. The summed E-state index contributed by atoms with van der Waals surface area (Å²) in [6.45, 7) is 9.41. The minimum absolute atomic E-state index is 0.259. The number of carbonyl (C=O) groups excluding carboxylic acids is 1. The molecule has 0 radical (unpaired) electrons. The summed E-state index contributed by atoms with van der Waals surface area (Å²) in [6, 6.07) is 20.5. The van der Waals surface area contributed by atoms with Crippen molar-refractivity contribution in [3.05, 3.63) is 77.9 Å². The number of carbonyl (C=O) groups is 1. The van der Waals surface area contributed by atoms with E-state index in [1.807, 2.05) is 45.0 Å². The van der Waals surface area contributed by atoms with Gasteiger partial charge in [-0.3, -0.25) is 4.90 Å². The summed E-state index contributed by atoms with van der Waals surface area (Å²) < 4.78 is 39.8. The summed E-state index contributed by atoms with van der Waals surface area (Å²) in [7, 11) is -3.76. The number of nitrogens with zero attached hydrogens (tertiary/aromatic N) is 1. The molecule has 0 unspecified atom stereocenters. The third-order valence-corrected chi connectivity index (χ3v) is 10.3. The molecule has 4 atom stereocenters. The highest BCUT2D eigenvalue weighted by Crippen LogP contribution is 2.44. The third-order valence-electron chi connectivity index (χ3n) is 8.07. The van der Waals surface area contributed by atoms with Gasteiger partial charge in [-0.25, -0.2) is 13.2 Å².